The molecule has 126 valence electrons. The van der Waals surface area contributed by atoms with Gasteiger partial charge in [0.25, 0.3) is 0 Å². The Morgan fingerprint density at radius 2 is 1.80 bits per heavy atom. The van der Waals surface area contributed by atoms with Crippen LogP contribution >= 0.6 is 11.8 Å². The summed E-state index contributed by atoms with van der Waals surface area (Å²) in [5.74, 6) is -0.0136. The van der Waals surface area contributed by atoms with Crippen molar-refractivity contribution in [2.75, 3.05) is 0 Å². The number of amides is 1. The smallest absolute Gasteiger partial charge is 0.239 e. The molecule has 1 aliphatic rings. The Morgan fingerprint density at radius 3 is 2.52 bits per heavy atom. The van der Waals surface area contributed by atoms with Crippen molar-refractivity contribution in [3.8, 4) is 0 Å². The van der Waals surface area contributed by atoms with Gasteiger partial charge in [0, 0.05) is 0 Å². The van der Waals surface area contributed by atoms with Gasteiger partial charge in [0.15, 0.2) is 5.17 Å². The van der Waals surface area contributed by atoms with Gasteiger partial charge in [-0.05, 0) is 30.5 Å². The quantitative estimate of drug-likeness (QED) is 0.657. The maximum Gasteiger partial charge on any atom is 0.239 e. The zero-order valence-corrected chi connectivity index (χ0v) is 14.7. The average Bonchev–Trinajstić information content (AvgIpc) is 2.99. The number of carbonyl (C=O) groups is 1. The van der Waals surface area contributed by atoms with Crippen LogP contribution in [0.4, 0.5) is 0 Å². The normalized spacial score (nSPS) is 19.6. The van der Waals surface area contributed by atoms with Crippen molar-refractivity contribution in [2.45, 2.75) is 18.6 Å². The van der Waals surface area contributed by atoms with Crippen LogP contribution in [0.25, 0.3) is 6.08 Å². The highest BCUT2D eigenvalue weighted by molar-refractivity contribution is 8.15. The summed E-state index contributed by atoms with van der Waals surface area (Å²) in [5.41, 5.74) is 3.02. The Morgan fingerprint density at radius 1 is 1.12 bits per heavy atom. The number of hydrogen-bond donors (Lipinski definition) is 1. The van der Waals surface area contributed by atoms with Crippen molar-refractivity contribution in [3.63, 3.8) is 0 Å². The summed E-state index contributed by atoms with van der Waals surface area (Å²) >= 11 is 1.43. The van der Waals surface area contributed by atoms with E-state index in [1.807, 2.05) is 79.7 Å². The number of thioether (sulfide) groups is 1. The predicted octanol–water partition coefficient (Wildman–Crippen LogP) is 3.91. The summed E-state index contributed by atoms with van der Waals surface area (Å²) in [6, 6.07) is 20.0. The SMILES string of the molecule is CC(C=Cc1ccccc1)=N/N=C1\NC(=O)C(Cc2ccccc2)S1. The van der Waals surface area contributed by atoms with E-state index in [9.17, 15) is 4.79 Å². The highest BCUT2D eigenvalue weighted by Gasteiger charge is 2.30. The molecule has 1 aliphatic heterocycles. The van der Waals surface area contributed by atoms with Gasteiger partial charge in [-0.2, -0.15) is 5.10 Å². The minimum atomic E-state index is -0.156. The van der Waals surface area contributed by atoms with Gasteiger partial charge < -0.3 is 5.32 Å². The summed E-state index contributed by atoms with van der Waals surface area (Å²) in [7, 11) is 0. The van der Waals surface area contributed by atoms with Gasteiger partial charge in [-0.3, -0.25) is 4.79 Å². The van der Waals surface area contributed by atoms with Crippen molar-refractivity contribution in [3.05, 3.63) is 77.9 Å². The van der Waals surface area contributed by atoms with Crippen LogP contribution in [-0.2, 0) is 11.2 Å². The number of carbonyl (C=O) groups excluding carboxylic acids is 1. The molecular formula is C20H19N3OS. The van der Waals surface area contributed by atoms with E-state index in [0.29, 0.717) is 11.6 Å². The molecule has 2 aromatic rings. The van der Waals surface area contributed by atoms with Crippen molar-refractivity contribution >= 4 is 34.6 Å². The summed E-state index contributed by atoms with van der Waals surface area (Å²) < 4.78 is 0. The van der Waals surface area contributed by atoms with Crippen LogP contribution < -0.4 is 5.32 Å². The van der Waals surface area contributed by atoms with Crippen LogP contribution in [0.5, 0.6) is 0 Å². The minimum absolute atomic E-state index is 0.0136. The van der Waals surface area contributed by atoms with Gasteiger partial charge in [0.1, 0.15) is 0 Å². The molecule has 1 heterocycles. The van der Waals surface area contributed by atoms with Gasteiger partial charge >= 0.3 is 0 Å². The lowest BCUT2D eigenvalue weighted by molar-refractivity contribution is -0.118. The second kappa shape index (κ2) is 8.44. The van der Waals surface area contributed by atoms with Gasteiger partial charge in [-0.15, -0.1) is 5.10 Å². The predicted molar refractivity (Wildman–Crippen MR) is 106 cm³/mol. The minimum Gasteiger partial charge on any atom is -0.303 e. The van der Waals surface area contributed by atoms with Crippen LogP contribution in [0.1, 0.15) is 18.1 Å². The van der Waals surface area contributed by atoms with Crippen molar-refractivity contribution in [1.82, 2.24) is 5.32 Å². The molecule has 0 bridgehead atoms. The summed E-state index contributed by atoms with van der Waals surface area (Å²) in [4.78, 5) is 12.1. The largest absolute Gasteiger partial charge is 0.303 e. The van der Waals surface area contributed by atoms with E-state index in [4.69, 9.17) is 0 Å². The Labute approximate surface area is 151 Å². The number of nitrogens with one attached hydrogen (secondary N) is 1. The third kappa shape index (κ3) is 5.16. The summed E-state index contributed by atoms with van der Waals surface area (Å²) in [6.45, 7) is 1.88. The number of amidine groups is 1. The van der Waals surface area contributed by atoms with Crippen LogP contribution in [0, 0.1) is 0 Å². The Hall–Kier alpha value is -2.66. The first-order chi connectivity index (χ1) is 12.2. The fraction of sp³-hybridized carbons (Fsp3) is 0.150. The van der Waals surface area contributed by atoms with E-state index in [-0.39, 0.29) is 11.2 Å². The fourth-order valence-corrected chi connectivity index (χ4v) is 3.31. The molecule has 0 aromatic heterocycles. The van der Waals surface area contributed by atoms with Crippen molar-refractivity contribution in [2.24, 2.45) is 10.2 Å². The van der Waals surface area contributed by atoms with E-state index in [1.54, 1.807) is 0 Å². The number of allylic oxidation sites excluding steroid dienone is 1. The summed E-state index contributed by atoms with van der Waals surface area (Å²) in [6.07, 6.45) is 4.58. The maximum absolute atomic E-state index is 12.1. The van der Waals surface area contributed by atoms with E-state index >= 15 is 0 Å². The maximum atomic E-state index is 12.1. The lowest BCUT2D eigenvalue weighted by Crippen LogP contribution is -2.25. The fourth-order valence-electron chi connectivity index (χ4n) is 2.35. The second-order valence-corrected chi connectivity index (χ2v) is 6.87. The molecule has 1 amide bonds. The highest BCUT2D eigenvalue weighted by Crippen LogP contribution is 2.23. The lowest BCUT2D eigenvalue weighted by Gasteiger charge is -2.04. The molecule has 0 saturated carbocycles. The lowest BCUT2D eigenvalue weighted by atomic mass is 10.1. The molecular weight excluding hydrogens is 330 g/mol. The Kier molecular flexibility index (Phi) is 5.80. The van der Waals surface area contributed by atoms with Gasteiger partial charge in [-0.25, -0.2) is 0 Å². The molecule has 1 fully saturated rings. The molecule has 4 nitrogen and oxygen atoms in total. The Bertz CT molecular complexity index is 813. The number of rotatable bonds is 5. The molecule has 2 aromatic carbocycles. The number of hydrogen-bond acceptors (Lipinski definition) is 4. The number of benzene rings is 2. The van der Waals surface area contributed by atoms with Crippen molar-refractivity contribution < 1.29 is 4.79 Å². The van der Waals surface area contributed by atoms with E-state index in [2.05, 4.69) is 15.5 Å². The first-order valence-electron chi connectivity index (χ1n) is 8.07. The topological polar surface area (TPSA) is 53.8 Å². The Balaban J connectivity index is 1.60. The molecule has 1 unspecified atom stereocenters. The molecule has 0 radical (unpaired) electrons. The highest BCUT2D eigenvalue weighted by atomic mass is 32.2. The van der Waals surface area contributed by atoms with E-state index in [1.165, 1.54) is 11.8 Å². The number of nitrogens with zero attached hydrogens (tertiary/aromatic N) is 2. The van der Waals surface area contributed by atoms with Gasteiger partial charge in [-0.1, -0.05) is 78.5 Å². The van der Waals surface area contributed by atoms with Crippen LogP contribution in [-0.4, -0.2) is 22.0 Å². The van der Waals surface area contributed by atoms with E-state index in [0.717, 1.165) is 16.8 Å². The molecule has 1 saturated heterocycles. The molecule has 3 rings (SSSR count). The third-order valence-corrected chi connectivity index (χ3v) is 4.73. The first-order valence-corrected chi connectivity index (χ1v) is 8.95. The third-order valence-electron chi connectivity index (χ3n) is 3.66. The van der Waals surface area contributed by atoms with Crippen LogP contribution in [0.3, 0.4) is 0 Å². The molecule has 0 aliphatic carbocycles. The standard InChI is InChI=1S/C20H19N3OS/c1-15(12-13-16-8-4-2-5-9-16)22-23-20-21-19(24)18(25-20)14-17-10-6-3-7-11-17/h2-13,18H,14H2,1H3,(H,21,23,24). The van der Waals surface area contributed by atoms with Crippen LogP contribution in [0.15, 0.2) is 76.9 Å². The van der Waals surface area contributed by atoms with E-state index < -0.39 is 0 Å². The molecule has 0 spiro atoms. The monoisotopic (exact) mass is 349 g/mol. The zero-order valence-electron chi connectivity index (χ0n) is 13.9. The summed E-state index contributed by atoms with van der Waals surface area (Å²) in [5, 5.41) is 11.5. The zero-order chi connectivity index (χ0) is 17.5. The molecule has 1 atom stereocenters. The van der Waals surface area contributed by atoms with Gasteiger partial charge in [0.2, 0.25) is 5.91 Å². The first kappa shape index (κ1) is 17.2. The second-order valence-electron chi connectivity index (χ2n) is 5.68. The van der Waals surface area contributed by atoms with Crippen LogP contribution in [0.2, 0.25) is 0 Å². The average molecular weight is 349 g/mol. The van der Waals surface area contributed by atoms with Crippen molar-refractivity contribution in [1.29, 1.82) is 0 Å². The van der Waals surface area contributed by atoms with Gasteiger partial charge in [0.05, 0.1) is 11.0 Å². The molecule has 5 heteroatoms. The molecule has 1 N–H and O–H groups in total. The molecule has 25 heavy (non-hydrogen) atoms.